The van der Waals surface area contributed by atoms with Crippen molar-refractivity contribution in [1.82, 2.24) is 15.1 Å². The lowest BCUT2D eigenvalue weighted by Crippen LogP contribution is -2.63. The van der Waals surface area contributed by atoms with E-state index >= 15 is 0 Å². The summed E-state index contributed by atoms with van der Waals surface area (Å²) in [4.78, 5) is 32.1. The van der Waals surface area contributed by atoms with Crippen molar-refractivity contribution in [3.8, 4) is 0 Å². The number of imide groups is 1. The molecule has 2 unspecified atom stereocenters. The molecule has 1 N–H and O–H groups in total. The zero-order valence-corrected chi connectivity index (χ0v) is 14.6. The maximum absolute atomic E-state index is 12.2. The lowest BCUT2D eigenvalue weighted by molar-refractivity contribution is -0.127. The number of carbonyl (C=O) groups is 2. The van der Waals surface area contributed by atoms with Gasteiger partial charge in [-0.05, 0) is 13.3 Å². The van der Waals surface area contributed by atoms with Gasteiger partial charge in [0.2, 0.25) is 0 Å². The highest BCUT2D eigenvalue weighted by molar-refractivity contribution is 8.13. The van der Waals surface area contributed by atoms with Gasteiger partial charge in [0.1, 0.15) is 0 Å². The van der Waals surface area contributed by atoms with Crippen molar-refractivity contribution in [2.45, 2.75) is 38.9 Å². The van der Waals surface area contributed by atoms with Gasteiger partial charge in [-0.1, -0.05) is 42.8 Å². The van der Waals surface area contributed by atoms with E-state index in [4.69, 9.17) is 11.6 Å². The van der Waals surface area contributed by atoms with E-state index in [9.17, 15) is 9.59 Å². The predicted molar refractivity (Wildman–Crippen MR) is 90.0 cm³/mol. The third-order valence-electron chi connectivity index (χ3n) is 3.65. The molecule has 0 bridgehead atoms. The molecule has 2 atom stereocenters. The lowest BCUT2D eigenvalue weighted by Gasteiger charge is -2.36. The number of fused-ring (bicyclic) bond motifs is 1. The highest BCUT2D eigenvalue weighted by Crippen LogP contribution is 2.29. The van der Waals surface area contributed by atoms with Gasteiger partial charge in [0, 0.05) is 24.4 Å². The van der Waals surface area contributed by atoms with Crippen LogP contribution < -0.4 is 5.32 Å². The maximum Gasteiger partial charge on any atom is 0.325 e. The number of nitrogens with zero attached hydrogens (tertiary/aromatic N) is 3. The Balaban J connectivity index is 2.19. The lowest BCUT2D eigenvalue weighted by atomic mass is 10.1. The SMILES string of the molecule is CCCCN1C(SC/C=C(\C)Cl)=NC2C1C(=O)NC(=O)N2C. The molecular weight excluding hydrogens is 324 g/mol. The van der Waals surface area contributed by atoms with Crippen molar-refractivity contribution in [1.29, 1.82) is 0 Å². The molecule has 0 saturated carbocycles. The second-order valence-electron chi connectivity index (χ2n) is 5.32. The van der Waals surface area contributed by atoms with Gasteiger partial charge in [-0.15, -0.1) is 0 Å². The molecule has 122 valence electrons. The molecule has 1 fully saturated rings. The summed E-state index contributed by atoms with van der Waals surface area (Å²) >= 11 is 7.39. The normalized spacial score (nSPS) is 25.3. The Morgan fingerprint density at radius 1 is 1.50 bits per heavy atom. The third-order valence-corrected chi connectivity index (χ3v) is 4.74. The van der Waals surface area contributed by atoms with Crippen molar-refractivity contribution in [2.24, 2.45) is 4.99 Å². The minimum atomic E-state index is -0.443. The van der Waals surface area contributed by atoms with Crippen molar-refractivity contribution in [3.63, 3.8) is 0 Å². The standard InChI is InChI=1S/C14H21ClN4O2S/c1-4-5-7-19-10-11(18(3)13(21)17-12(10)20)16-14(19)22-8-6-9(2)15/h6,10-11H,4-5,7-8H2,1-3H3,(H,17,20,21)/b9-6+. The van der Waals surface area contributed by atoms with Gasteiger partial charge in [-0.3, -0.25) is 10.1 Å². The van der Waals surface area contributed by atoms with Gasteiger partial charge < -0.3 is 9.80 Å². The van der Waals surface area contributed by atoms with Crippen molar-refractivity contribution in [2.75, 3.05) is 19.3 Å². The molecule has 3 amide bonds. The molecule has 0 aromatic heterocycles. The van der Waals surface area contributed by atoms with E-state index in [0.717, 1.165) is 29.6 Å². The van der Waals surface area contributed by atoms with E-state index in [2.05, 4.69) is 17.2 Å². The number of halogens is 1. The summed E-state index contributed by atoms with van der Waals surface area (Å²) in [5.74, 6) is 0.419. The van der Waals surface area contributed by atoms with Crippen LogP contribution in [0.2, 0.25) is 0 Å². The Kier molecular flexibility index (Phi) is 5.74. The van der Waals surface area contributed by atoms with Crippen LogP contribution in [0.4, 0.5) is 4.79 Å². The van der Waals surface area contributed by atoms with E-state index in [1.165, 1.54) is 16.7 Å². The first-order valence-electron chi connectivity index (χ1n) is 7.32. The summed E-state index contributed by atoms with van der Waals surface area (Å²) in [5.41, 5.74) is 0. The van der Waals surface area contributed by atoms with E-state index in [0.29, 0.717) is 5.75 Å². The molecule has 22 heavy (non-hydrogen) atoms. The fraction of sp³-hybridized carbons (Fsp3) is 0.643. The third kappa shape index (κ3) is 3.57. The summed E-state index contributed by atoms with van der Waals surface area (Å²) in [6.45, 7) is 4.68. The number of aliphatic imine (C=N–C) groups is 1. The fourth-order valence-electron chi connectivity index (χ4n) is 2.42. The number of rotatable bonds is 5. The van der Waals surface area contributed by atoms with Crippen LogP contribution in [0.3, 0.4) is 0 Å². The van der Waals surface area contributed by atoms with Crippen LogP contribution in [0.25, 0.3) is 0 Å². The average Bonchev–Trinajstić information content (AvgIpc) is 2.81. The number of carbonyl (C=O) groups excluding carboxylic acids is 2. The number of urea groups is 1. The highest BCUT2D eigenvalue weighted by Gasteiger charge is 2.48. The number of hydrogen-bond acceptors (Lipinski definition) is 5. The minimum absolute atomic E-state index is 0.271. The summed E-state index contributed by atoms with van der Waals surface area (Å²) in [6, 6.07) is -0.828. The number of likely N-dealkylation sites (N-methyl/N-ethyl adjacent to an activating group) is 1. The number of thioether (sulfide) groups is 1. The number of unbranched alkanes of at least 4 members (excludes halogenated alkanes) is 1. The van der Waals surface area contributed by atoms with Gasteiger partial charge in [-0.25, -0.2) is 9.79 Å². The van der Waals surface area contributed by atoms with Crippen LogP contribution in [-0.2, 0) is 4.79 Å². The zero-order valence-electron chi connectivity index (χ0n) is 13.0. The first-order chi connectivity index (χ1) is 10.5. The molecule has 0 radical (unpaired) electrons. The molecular formula is C14H21ClN4O2S. The van der Waals surface area contributed by atoms with Gasteiger partial charge >= 0.3 is 6.03 Å². The number of nitrogens with one attached hydrogen (secondary N) is 1. The molecule has 0 aromatic carbocycles. The summed E-state index contributed by atoms with van der Waals surface area (Å²) in [7, 11) is 1.66. The van der Waals surface area contributed by atoms with E-state index in [1.54, 1.807) is 7.05 Å². The van der Waals surface area contributed by atoms with Crippen molar-refractivity contribution >= 4 is 40.5 Å². The summed E-state index contributed by atoms with van der Waals surface area (Å²) < 4.78 is 0. The van der Waals surface area contributed by atoms with E-state index in [1.807, 2.05) is 17.9 Å². The first kappa shape index (κ1) is 17.1. The largest absolute Gasteiger partial charge is 0.336 e. The molecule has 8 heteroatoms. The van der Waals surface area contributed by atoms with Crippen molar-refractivity contribution in [3.05, 3.63) is 11.1 Å². The highest BCUT2D eigenvalue weighted by atomic mass is 35.5. The number of amidine groups is 1. The van der Waals surface area contributed by atoms with Gasteiger partial charge in [0.05, 0.1) is 0 Å². The van der Waals surface area contributed by atoms with Crippen LogP contribution in [0.5, 0.6) is 0 Å². The molecule has 2 aliphatic rings. The monoisotopic (exact) mass is 344 g/mol. The number of hydrogen-bond donors (Lipinski definition) is 1. The number of amides is 3. The molecule has 6 nitrogen and oxygen atoms in total. The van der Waals surface area contributed by atoms with Crippen LogP contribution in [-0.4, -0.2) is 58.5 Å². The smallest absolute Gasteiger partial charge is 0.325 e. The Morgan fingerprint density at radius 2 is 2.23 bits per heavy atom. The maximum atomic E-state index is 12.2. The van der Waals surface area contributed by atoms with E-state index < -0.39 is 18.2 Å². The Morgan fingerprint density at radius 3 is 2.86 bits per heavy atom. The van der Waals surface area contributed by atoms with Crippen LogP contribution in [0.1, 0.15) is 26.7 Å². The topological polar surface area (TPSA) is 65.0 Å². The Hall–Kier alpha value is -1.21. The molecule has 2 heterocycles. The first-order valence-corrected chi connectivity index (χ1v) is 8.69. The summed E-state index contributed by atoms with van der Waals surface area (Å²) in [5, 5.41) is 3.92. The second-order valence-corrected chi connectivity index (χ2v) is 6.91. The number of allylic oxidation sites excluding steroid dienone is 1. The van der Waals surface area contributed by atoms with Gasteiger partial charge in [0.15, 0.2) is 17.4 Å². The van der Waals surface area contributed by atoms with Crippen LogP contribution in [0.15, 0.2) is 16.1 Å². The molecule has 2 aliphatic heterocycles. The summed E-state index contributed by atoms with van der Waals surface area (Å²) in [6.07, 6.45) is 3.46. The fourth-order valence-corrected chi connectivity index (χ4v) is 3.62. The molecule has 0 aromatic rings. The Labute approximate surface area is 139 Å². The average molecular weight is 345 g/mol. The van der Waals surface area contributed by atoms with Gasteiger partial charge in [-0.2, -0.15) is 0 Å². The molecule has 0 spiro atoms. The zero-order chi connectivity index (χ0) is 16.3. The predicted octanol–water partition coefficient (Wildman–Crippen LogP) is 2.21. The molecule has 0 aliphatic carbocycles. The minimum Gasteiger partial charge on any atom is -0.336 e. The molecule has 1 saturated heterocycles. The van der Waals surface area contributed by atoms with Crippen LogP contribution >= 0.6 is 23.4 Å². The second kappa shape index (κ2) is 7.37. The van der Waals surface area contributed by atoms with Gasteiger partial charge in [0.25, 0.3) is 5.91 Å². The van der Waals surface area contributed by atoms with E-state index in [-0.39, 0.29) is 5.91 Å². The Bertz CT molecular complexity index is 519. The van der Waals surface area contributed by atoms with Crippen molar-refractivity contribution < 1.29 is 9.59 Å². The van der Waals surface area contributed by atoms with Crippen LogP contribution in [0, 0.1) is 0 Å². The molecule has 2 rings (SSSR count). The quantitative estimate of drug-likeness (QED) is 0.830.